The molecule has 11 nitrogen and oxygen atoms in total. The van der Waals surface area contributed by atoms with Crippen LogP contribution in [0.15, 0.2) is 18.2 Å². The average molecular weight is 658 g/mol. The predicted octanol–water partition coefficient (Wildman–Crippen LogP) is 3.84. The summed E-state index contributed by atoms with van der Waals surface area (Å²) in [5, 5.41) is 9.87. The quantitative estimate of drug-likeness (QED) is 0.220. The molecule has 5 rings (SSSR count). The normalized spacial score (nSPS) is 28.5. The first-order valence-electron chi connectivity index (χ1n) is 17.1. The lowest BCUT2D eigenvalue weighted by atomic mass is 9.82. The number of methoxy groups -OCH3 is 1. The number of nitrogens with zero attached hydrogens (tertiary/aromatic N) is 3. The molecule has 4 aliphatic rings. The molecule has 0 aliphatic carbocycles. The molecule has 12 heteroatoms. The van der Waals surface area contributed by atoms with Gasteiger partial charge in [0.1, 0.15) is 0 Å². The maximum Gasteiger partial charge on any atom is 0.305 e. The fourth-order valence-corrected chi connectivity index (χ4v) is 10.9. The molecule has 0 unspecified atom stereocenters. The highest BCUT2D eigenvalue weighted by Gasteiger charge is 2.66. The van der Waals surface area contributed by atoms with Gasteiger partial charge < -0.3 is 34.1 Å². The van der Waals surface area contributed by atoms with Crippen LogP contribution in [0.4, 0.5) is 11.4 Å². The van der Waals surface area contributed by atoms with Crippen LogP contribution in [-0.4, -0.2) is 92.3 Å². The number of rotatable bonds is 10. The Morgan fingerprint density at radius 1 is 1.09 bits per heavy atom. The Kier molecular flexibility index (Phi) is 10.6. The zero-order chi connectivity index (χ0) is 33.2. The topological polar surface area (TPSA) is 137 Å². The van der Waals surface area contributed by atoms with Crippen LogP contribution >= 0.6 is 0 Å². The van der Waals surface area contributed by atoms with E-state index in [1.54, 1.807) is 9.80 Å². The average Bonchev–Trinajstić information content (AvgIpc) is 3.67. The minimum absolute atomic E-state index is 0.0102. The van der Waals surface area contributed by atoms with Gasteiger partial charge in [-0.05, 0) is 69.8 Å². The molecule has 3 fully saturated rings. The Morgan fingerprint density at radius 3 is 2.57 bits per heavy atom. The fourth-order valence-electron chi connectivity index (χ4n) is 8.37. The van der Waals surface area contributed by atoms with E-state index in [-0.39, 0.29) is 49.2 Å². The number of aliphatic hydroxyl groups is 1. The fraction of sp³-hybridized carbons (Fsp3) is 0.706. The molecule has 4 aliphatic heterocycles. The molecule has 0 aromatic heterocycles. The van der Waals surface area contributed by atoms with Crippen LogP contribution in [-0.2, 0) is 34.3 Å². The summed E-state index contributed by atoms with van der Waals surface area (Å²) in [6.45, 7) is 7.05. The van der Waals surface area contributed by atoms with E-state index in [2.05, 4.69) is 0 Å². The number of esters is 1. The van der Waals surface area contributed by atoms with Crippen LogP contribution < -0.4 is 9.80 Å². The third kappa shape index (κ3) is 6.50. The molecule has 3 amide bonds. The second-order valence-electron chi connectivity index (χ2n) is 14.0. The number of hydrogen-bond acceptors (Lipinski definition) is 8. The lowest BCUT2D eigenvalue weighted by molar-refractivity contribution is -0.150. The summed E-state index contributed by atoms with van der Waals surface area (Å²) in [7, 11) is -1.64. The van der Waals surface area contributed by atoms with Crippen molar-refractivity contribution < 1.29 is 38.6 Å². The summed E-state index contributed by atoms with van der Waals surface area (Å²) in [5.74, 6) is -1.07. The van der Waals surface area contributed by atoms with E-state index in [9.17, 15) is 29.1 Å². The van der Waals surface area contributed by atoms with Crippen LogP contribution in [0.25, 0.3) is 0 Å². The monoisotopic (exact) mass is 657 g/mol. The van der Waals surface area contributed by atoms with Gasteiger partial charge in [0.05, 0.1) is 38.0 Å². The third-order valence-electron chi connectivity index (χ3n) is 10.6. The maximum absolute atomic E-state index is 14.7. The van der Waals surface area contributed by atoms with E-state index in [4.69, 9.17) is 9.47 Å². The number of anilines is 2. The molecule has 3 saturated heterocycles. The number of benzene rings is 1. The van der Waals surface area contributed by atoms with Gasteiger partial charge in [-0.3, -0.25) is 19.2 Å². The highest BCUT2D eigenvalue weighted by molar-refractivity contribution is 6.71. The van der Waals surface area contributed by atoms with Crippen molar-refractivity contribution >= 4 is 43.4 Å². The lowest BCUT2D eigenvalue weighted by Crippen LogP contribution is -2.46. The Hall–Kier alpha value is -2.80. The largest absolute Gasteiger partial charge is 0.469 e. The summed E-state index contributed by atoms with van der Waals surface area (Å²) in [4.78, 5) is 70.3. The van der Waals surface area contributed by atoms with Crippen LogP contribution in [0.2, 0.25) is 18.6 Å². The van der Waals surface area contributed by atoms with E-state index in [0.717, 1.165) is 44.2 Å². The molecular weight excluding hydrogens is 606 g/mol. The Morgan fingerprint density at radius 2 is 1.85 bits per heavy atom. The standard InChI is InChI=1S/C34H51N3O8Si/c1-23-32(46(3,4)43)28(21-30(40)36-19-11-12-25(36)22-38)45-34(23)26-20-24(35-17-9-6-5-7-13-29(35)39)15-16-27(26)37(33(34)42)18-10-8-14-31(41)44-2/h15-16,20,23,25,28,32,38,43H,5-14,17-19,21-22H2,1-4H3/t23-,25-,28+,32-,34+/m0/s1. The molecule has 4 heterocycles. The zero-order valence-electron chi connectivity index (χ0n) is 27.8. The highest BCUT2D eigenvalue weighted by atomic mass is 28.4. The van der Waals surface area contributed by atoms with Crippen molar-refractivity contribution in [1.29, 1.82) is 0 Å². The van der Waals surface area contributed by atoms with Crippen molar-refractivity contribution in [2.24, 2.45) is 5.92 Å². The van der Waals surface area contributed by atoms with Gasteiger partial charge in [0.2, 0.25) is 11.8 Å². The first kappa shape index (κ1) is 34.5. The molecular formula is C34H51N3O8Si. The second kappa shape index (κ2) is 14.1. The van der Waals surface area contributed by atoms with Crippen LogP contribution in [0.5, 0.6) is 0 Å². The van der Waals surface area contributed by atoms with Gasteiger partial charge in [0, 0.05) is 55.2 Å². The Labute approximate surface area is 273 Å². The van der Waals surface area contributed by atoms with Gasteiger partial charge in [-0.2, -0.15) is 0 Å². The molecule has 0 saturated carbocycles. The number of carbonyl (C=O) groups excluding carboxylic acids is 4. The first-order chi connectivity index (χ1) is 21.9. The number of ether oxygens (including phenoxy) is 2. The van der Waals surface area contributed by atoms with E-state index in [1.165, 1.54) is 7.11 Å². The van der Waals surface area contributed by atoms with Crippen molar-refractivity contribution in [3.05, 3.63) is 23.8 Å². The van der Waals surface area contributed by atoms with Crippen LogP contribution in [0.3, 0.4) is 0 Å². The van der Waals surface area contributed by atoms with Gasteiger partial charge in [-0.15, -0.1) is 0 Å². The van der Waals surface area contributed by atoms with Gasteiger partial charge in [0.15, 0.2) is 13.9 Å². The summed E-state index contributed by atoms with van der Waals surface area (Å²) in [6, 6.07) is 5.49. The van der Waals surface area contributed by atoms with Crippen LogP contribution in [0, 0.1) is 5.92 Å². The highest BCUT2D eigenvalue weighted by Crippen LogP contribution is 2.60. The number of aliphatic hydroxyl groups excluding tert-OH is 1. The molecule has 2 N–H and O–H groups in total. The SMILES string of the molecule is COC(=O)CCCCN1C(=O)[C@]2(O[C@H](CC(=O)N3CCC[C@H]3CO)[C@@H]([Si](C)(C)O)[C@@H]2C)c2cc(N3CCCCCCC3=O)ccc21. The van der Waals surface area contributed by atoms with Crippen LogP contribution in [0.1, 0.15) is 83.1 Å². The lowest BCUT2D eigenvalue weighted by Gasteiger charge is -2.33. The summed E-state index contributed by atoms with van der Waals surface area (Å²) in [6.07, 6.45) is 6.56. The van der Waals surface area contributed by atoms with Crippen molar-refractivity contribution in [2.45, 2.75) is 114 Å². The van der Waals surface area contributed by atoms with Crippen molar-refractivity contribution in [3.8, 4) is 0 Å². The van der Waals surface area contributed by atoms with E-state index in [1.807, 2.05) is 43.1 Å². The van der Waals surface area contributed by atoms with Gasteiger partial charge >= 0.3 is 5.97 Å². The Bertz CT molecular complexity index is 1320. The number of fused-ring (bicyclic) bond motifs is 2. The number of hydrogen-bond donors (Lipinski definition) is 2. The van der Waals surface area contributed by atoms with Crippen molar-refractivity contribution in [2.75, 3.05) is 43.2 Å². The maximum atomic E-state index is 14.7. The molecule has 46 heavy (non-hydrogen) atoms. The van der Waals surface area contributed by atoms with Crippen molar-refractivity contribution in [1.82, 2.24) is 4.90 Å². The molecule has 1 aromatic carbocycles. The molecule has 1 aromatic rings. The summed E-state index contributed by atoms with van der Waals surface area (Å²) >= 11 is 0. The molecule has 1 spiro atoms. The summed E-state index contributed by atoms with van der Waals surface area (Å²) in [5.41, 5.74) is 0.221. The van der Waals surface area contributed by atoms with E-state index >= 15 is 0 Å². The van der Waals surface area contributed by atoms with Gasteiger partial charge in [0.25, 0.3) is 5.91 Å². The molecule has 254 valence electrons. The smallest absolute Gasteiger partial charge is 0.305 e. The first-order valence-corrected chi connectivity index (χ1v) is 20.1. The molecule has 0 bridgehead atoms. The number of carbonyl (C=O) groups is 4. The van der Waals surface area contributed by atoms with Gasteiger partial charge in [-0.25, -0.2) is 0 Å². The minimum Gasteiger partial charge on any atom is -0.469 e. The zero-order valence-corrected chi connectivity index (χ0v) is 28.8. The van der Waals surface area contributed by atoms with Crippen molar-refractivity contribution in [3.63, 3.8) is 0 Å². The molecule has 5 atom stereocenters. The third-order valence-corrected chi connectivity index (χ3v) is 13.1. The Balaban J connectivity index is 1.53. The number of amides is 3. The second-order valence-corrected chi connectivity index (χ2v) is 18.0. The molecule has 0 radical (unpaired) electrons. The number of unbranched alkanes of at least 4 members (excludes halogenated alkanes) is 1. The van der Waals surface area contributed by atoms with E-state index < -0.39 is 31.5 Å². The van der Waals surface area contributed by atoms with E-state index in [0.29, 0.717) is 50.1 Å². The minimum atomic E-state index is -3.00. The summed E-state index contributed by atoms with van der Waals surface area (Å²) < 4.78 is 11.7. The number of likely N-dealkylation sites (tertiary alicyclic amines) is 1. The van der Waals surface area contributed by atoms with Gasteiger partial charge in [-0.1, -0.05) is 19.8 Å². The predicted molar refractivity (Wildman–Crippen MR) is 176 cm³/mol.